The van der Waals surface area contributed by atoms with Crippen LogP contribution in [0.3, 0.4) is 0 Å². The van der Waals surface area contributed by atoms with Gasteiger partial charge in [-0.3, -0.25) is 4.99 Å². The number of aliphatic imine (C=N–C) groups is 1. The number of hydrogen-bond acceptors (Lipinski definition) is 5. The molecule has 0 unspecified atom stereocenters. The van der Waals surface area contributed by atoms with E-state index in [0.717, 1.165) is 5.56 Å². The number of halogens is 2. The third kappa shape index (κ3) is 4.98. The highest BCUT2D eigenvalue weighted by Crippen LogP contribution is 2.33. The van der Waals surface area contributed by atoms with E-state index < -0.39 is 0 Å². The van der Waals surface area contributed by atoms with Gasteiger partial charge < -0.3 is 14.8 Å². The van der Waals surface area contributed by atoms with Crippen LogP contribution in [0.1, 0.15) is 11.1 Å². The number of nitrogens with one attached hydrogen (secondary N) is 1. The Balaban J connectivity index is 2.26. The molecule has 0 heterocycles. The molecule has 0 saturated heterocycles. The zero-order valence-corrected chi connectivity index (χ0v) is 16.8. The van der Waals surface area contributed by atoms with Crippen molar-refractivity contribution in [2.45, 2.75) is 6.54 Å². The van der Waals surface area contributed by atoms with Crippen LogP contribution in [0.15, 0.2) is 35.3 Å². The van der Waals surface area contributed by atoms with Crippen molar-refractivity contribution in [2.75, 3.05) is 25.8 Å². The average Bonchev–Trinajstić information content (AvgIpc) is 2.66. The van der Waals surface area contributed by atoms with Gasteiger partial charge in [-0.2, -0.15) is 5.26 Å². The number of methoxy groups -OCH3 is 2. The lowest BCUT2D eigenvalue weighted by molar-refractivity contribution is 0.355. The van der Waals surface area contributed by atoms with Crippen LogP contribution >= 0.6 is 35.0 Å². The fraction of sp³-hybridized carbons (Fsp3) is 0.222. The van der Waals surface area contributed by atoms with Crippen LogP contribution < -0.4 is 14.8 Å². The molecule has 8 heteroatoms. The zero-order valence-electron chi connectivity index (χ0n) is 14.5. The van der Waals surface area contributed by atoms with Crippen molar-refractivity contribution >= 4 is 45.8 Å². The van der Waals surface area contributed by atoms with Crippen molar-refractivity contribution in [1.82, 2.24) is 0 Å². The highest BCUT2D eigenvalue weighted by atomic mass is 35.5. The first kappa shape index (κ1) is 20.2. The lowest BCUT2D eigenvalue weighted by atomic mass is 10.1. The molecule has 0 aliphatic carbocycles. The van der Waals surface area contributed by atoms with Crippen LogP contribution in [-0.2, 0) is 6.54 Å². The molecule has 2 aromatic carbocycles. The molecule has 5 nitrogen and oxygen atoms in total. The molecule has 2 aromatic rings. The van der Waals surface area contributed by atoms with Crippen molar-refractivity contribution in [3.63, 3.8) is 0 Å². The van der Waals surface area contributed by atoms with E-state index in [1.54, 1.807) is 31.4 Å². The van der Waals surface area contributed by atoms with Gasteiger partial charge in [-0.05, 0) is 24.0 Å². The molecule has 0 atom stereocenters. The second-order valence-electron chi connectivity index (χ2n) is 5.06. The Kier molecular flexibility index (Phi) is 7.46. The third-order valence-corrected chi connectivity index (χ3v) is 4.83. The van der Waals surface area contributed by atoms with E-state index in [2.05, 4.69) is 16.4 Å². The smallest absolute Gasteiger partial charge is 0.162 e. The van der Waals surface area contributed by atoms with Gasteiger partial charge in [-0.25, -0.2) is 0 Å². The molecule has 0 bridgehead atoms. The molecule has 0 aliphatic heterocycles. The molecular weight excluding hydrogens is 393 g/mol. The molecule has 0 saturated carbocycles. The maximum atomic E-state index is 9.39. The Bertz CT molecular complexity index is 866. The van der Waals surface area contributed by atoms with Crippen LogP contribution in [0.4, 0.5) is 5.69 Å². The number of benzene rings is 2. The molecule has 0 radical (unpaired) electrons. The first-order valence-electron chi connectivity index (χ1n) is 7.47. The number of hydrogen-bond donors (Lipinski definition) is 1. The van der Waals surface area contributed by atoms with Crippen LogP contribution in [-0.4, -0.2) is 25.6 Å². The molecule has 136 valence electrons. The van der Waals surface area contributed by atoms with Crippen LogP contribution in [0.25, 0.3) is 0 Å². The van der Waals surface area contributed by atoms with E-state index in [-0.39, 0.29) is 0 Å². The predicted molar refractivity (Wildman–Crippen MR) is 109 cm³/mol. The summed E-state index contributed by atoms with van der Waals surface area (Å²) in [4.78, 5) is 4.54. The monoisotopic (exact) mass is 409 g/mol. The predicted octanol–water partition coefficient (Wildman–Crippen LogP) is 5.21. The normalized spacial score (nSPS) is 11.0. The summed E-state index contributed by atoms with van der Waals surface area (Å²) in [5, 5.41) is 14.2. The molecular formula is C18H17Cl2N3O2S. The first-order valence-corrected chi connectivity index (χ1v) is 9.46. The van der Waals surface area contributed by atoms with E-state index in [0.29, 0.717) is 44.5 Å². The van der Waals surface area contributed by atoms with E-state index in [1.807, 2.05) is 12.3 Å². The Morgan fingerprint density at radius 3 is 2.42 bits per heavy atom. The van der Waals surface area contributed by atoms with Gasteiger partial charge in [0.25, 0.3) is 0 Å². The van der Waals surface area contributed by atoms with E-state index >= 15 is 0 Å². The molecule has 0 aromatic heterocycles. The van der Waals surface area contributed by atoms with Gasteiger partial charge in [0, 0.05) is 12.1 Å². The summed E-state index contributed by atoms with van der Waals surface area (Å²) in [6.07, 6.45) is 1.90. The van der Waals surface area contributed by atoms with Crippen molar-refractivity contribution in [2.24, 2.45) is 4.99 Å². The van der Waals surface area contributed by atoms with Crippen molar-refractivity contribution in [3.05, 3.63) is 51.5 Å². The lowest BCUT2D eigenvalue weighted by Crippen LogP contribution is -2.09. The van der Waals surface area contributed by atoms with Gasteiger partial charge in [0.2, 0.25) is 0 Å². The Labute approximate surface area is 166 Å². The maximum Gasteiger partial charge on any atom is 0.162 e. The summed E-state index contributed by atoms with van der Waals surface area (Å²) in [5.41, 5.74) is 1.95. The molecule has 0 fully saturated rings. The number of nitriles is 1. The van der Waals surface area contributed by atoms with Gasteiger partial charge in [0.05, 0.1) is 42.1 Å². The molecule has 1 N–H and O–H groups in total. The number of ether oxygens (including phenoxy) is 2. The summed E-state index contributed by atoms with van der Waals surface area (Å²) in [6, 6.07) is 10.9. The number of rotatable bonds is 5. The van der Waals surface area contributed by atoms with Crippen LogP contribution in [0.5, 0.6) is 11.5 Å². The second-order valence-corrected chi connectivity index (χ2v) is 6.67. The minimum Gasteiger partial charge on any atom is -0.493 e. The highest BCUT2D eigenvalue weighted by Gasteiger charge is 2.12. The van der Waals surface area contributed by atoms with Gasteiger partial charge in [-0.1, -0.05) is 41.0 Å². The van der Waals surface area contributed by atoms with E-state index in [1.165, 1.54) is 18.9 Å². The van der Waals surface area contributed by atoms with Crippen molar-refractivity contribution < 1.29 is 9.47 Å². The molecule has 2 rings (SSSR count). The summed E-state index contributed by atoms with van der Waals surface area (Å²) in [7, 11) is 3.07. The van der Waals surface area contributed by atoms with Gasteiger partial charge >= 0.3 is 0 Å². The number of anilines is 1. The third-order valence-electron chi connectivity index (χ3n) is 3.47. The van der Waals surface area contributed by atoms with Gasteiger partial charge in [-0.15, -0.1) is 0 Å². The number of amidine groups is 1. The SMILES string of the molecule is COc1cc(C#N)c(NC(=NCc2ccc(Cl)c(Cl)c2)SC)cc1OC. The standard InChI is InChI=1S/C18H17Cl2N3O2S/c1-24-16-7-12(9-21)15(8-17(16)25-2)23-18(26-3)22-10-11-4-5-13(19)14(20)6-11/h4-8H,10H2,1-3H3,(H,22,23). The molecule has 0 aliphatic rings. The molecule has 26 heavy (non-hydrogen) atoms. The summed E-state index contributed by atoms with van der Waals surface area (Å²) >= 11 is 13.4. The summed E-state index contributed by atoms with van der Waals surface area (Å²) in [5.74, 6) is 1.02. The first-order chi connectivity index (χ1) is 12.5. The fourth-order valence-electron chi connectivity index (χ4n) is 2.15. The van der Waals surface area contributed by atoms with Crippen molar-refractivity contribution in [3.8, 4) is 17.6 Å². The second kappa shape index (κ2) is 9.58. The van der Waals surface area contributed by atoms with E-state index in [4.69, 9.17) is 32.7 Å². The van der Waals surface area contributed by atoms with Crippen molar-refractivity contribution in [1.29, 1.82) is 5.26 Å². The van der Waals surface area contributed by atoms with Gasteiger partial charge in [0.1, 0.15) is 6.07 Å². The molecule has 0 spiro atoms. The minimum absolute atomic E-state index is 0.426. The van der Waals surface area contributed by atoms with Crippen LogP contribution in [0.2, 0.25) is 10.0 Å². The Morgan fingerprint density at radius 1 is 1.15 bits per heavy atom. The Morgan fingerprint density at radius 2 is 1.85 bits per heavy atom. The number of thioether (sulfide) groups is 1. The lowest BCUT2D eigenvalue weighted by Gasteiger charge is -2.13. The molecule has 0 amide bonds. The topological polar surface area (TPSA) is 66.6 Å². The van der Waals surface area contributed by atoms with Gasteiger partial charge in [0.15, 0.2) is 16.7 Å². The van der Waals surface area contributed by atoms with Crippen LogP contribution in [0, 0.1) is 11.3 Å². The maximum absolute atomic E-state index is 9.39. The quantitative estimate of drug-likeness (QED) is 0.541. The highest BCUT2D eigenvalue weighted by molar-refractivity contribution is 8.13. The average molecular weight is 410 g/mol. The Hall–Kier alpha value is -2.07. The fourth-order valence-corrected chi connectivity index (χ4v) is 2.87. The summed E-state index contributed by atoms with van der Waals surface area (Å²) in [6.45, 7) is 0.426. The minimum atomic E-state index is 0.426. The zero-order chi connectivity index (χ0) is 19.1. The largest absolute Gasteiger partial charge is 0.493 e. The number of nitrogens with zero attached hydrogens (tertiary/aromatic N) is 2. The van der Waals surface area contributed by atoms with E-state index in [9.17, 15) is 5.26 Å². The summed E-state index contributed by atoms with van der Waals surface area (Å²) < 4.78 is 10.5.